The van der Waals surface area contributed by atoms with Crippen LogP contribution in [-0.4, -0.2) is 37.2 Å². The molecule has 0 radical (unpaired) electrons. The number of hydrogen-bond donors (Lipinski definition) is 0. The number of ether oxygens (including phenoxy) is 3. The zero-order valence-electron chi connectivity index (χ0n) is 48.7. The molecule has 0 aromatic carbocycles. The van der Waals surface area contributed by atoms with E-state index >= 15 is 0 Å². The summed E-state index contributed by atoms with van der Waals surface area (Å²) in [4.78, 5) is 38.1. The molecule has 0 rings (SSSR count). The molecule has 0 spiro atoms. The fourth-order valence-corrected chi connectivity index (χ4v) is 9.83. The van der Waals surface area contributed by atoms with Crippen LogP contribution in [0.4, 0.5) is 0 Å². The van der Waals surface area contributed by atoms with Crippen molar-refractivity contribution in [2.45, 2.75) is 367 Å². The highest BCUT2D eigenvalue weighted by atomic mass is 16.6. The average Bonchev–Trinajstić information content (AvgIpc) is 3.38. The molecule has 1 unspecified atom stereocenters. The topological polar surface area (TPSA) is 78.9 Å². The van der Waals surface area contributed by atoms with Gasteiger partial charge in [-0.3, -0.25) is 14.4 Å². The molecule has 6 heteroatoms. The van der Waals surface area contributed by atoms with E-state index in [-0.39, 0.29) is 31.1 Å². The molecule has 0 amide bonds. The first-order valence-corrected chi connectivity index (χ1v) is 32.3. The SMILES string of the molecule is CCCCCC/C=C\C/C=C\CCCCCCCC(=O)OC(COC(=O)CCCCCCCCCC)COC(=O)CCCCCCCCCCCCCCCCCCCCCCCCCCCCCCCC. The van der Waals surface area contributed by atoms with Gasteiger partial charge in [-0.05, 0) is 51.4 Å². The lowest BCUT2D eigenvalue weighted by Crippen LogP contribution is -2.30. The summed E-state index contributed by atoms with van der Waals surface area (Å²) in [5, 5.41) is 0. The smallest absolute Gasteiger partial charge is 0.306 e. The minimum absolute atomic E-state index is 0.0720. The molecule has 0 N–H and O–H groups in total. The number of rotatable bonds is 60. The lowest BCUT2D eigenvalue weighted by atomic mass is 10.0. The maximum Gasteiger partial charge on any atom is 0.306 e. The maximum atomic E-state index is 12.8. The second kappa shape index (κ2) is 61.4. The third-order valence-electron chi connectivity index (χ3n) is 14.7. The molecule has 0 aromatic heterocycles. The minimum atomic E-state index is -0.773. The van der Waals surface area contributed by atoms with Crippen molar-refractivity contribution in [1.29, 1.82) is 0 Å². The number of hydrogen-bond acceptors (Lipinski definition) is 6. The molecule has 6 nitrogen and oxygen atoms in total. The van der Waals surface area contributed by atoms with E-state index < -0.39 is 6.10 Å². The van der Waals surface area contributed by atoms with Crippen LogP contribution in [0.25, 0.3) is 0 Å². The van der Waals surface area contributed by atoms with Crippen LogP contribution in [0.5, 0.6) is 0 Å². The van der Waals surface area contributed by atoms with Crippen LogP contribution in [0.1, 0.15) is 361 Å². The number of carbonyl (C=O) groups excluding carboxylic acids is 3. The molecular weight excluding hydrogens is 889 g/mol. The lowest BCUT2D eigenvalue weighted by Gasteiger charge is -2.18. The Morgan fingerprint density at radius 1 is 0.278 bits per heavy atom. The predicted molar refractivity (Wildman–Crippen MR) is 312 cm³/mol. The van der Waals surface area contributed by atoms with E-state index in [2.05, 4.69) is 45.1 Å². The summed E-state index contributed by atoms with van der Waals surface area (Å²) in [5.74, 6) is -0.869. The fraction of sp³-hybridized carbons (Fsp3) is 0.894. The Bertz CT molecular complexity index is 1160. The Labute approximate surface area is 449 Å². The third-order valence-corrected chi connectivity index (χ3v) is 14.7. The Kier molecular flexibility index (Phi) is 59.6. The van der Waals surface area contributed by atoms with Crippen molar-refractivity contribution in [2.75, 3.05) is 13.2 Å². The monoisotopic (exact) mass is 1010 g/mol. The first kappa shape index (κ1) is 69.9. The zero-order chi connectivity index (χ0) is 52.2. The van der Waals surface area contributed by atoms with Gasteiger partial charge in [0.2, 0.25) is 0 Å². The molecule has 1 atom stereocenters. The summed E-state index contributed by atoms with van der Waals surface area (Å²) < 4.78 is 16.8. The van der Waals surface area contributed by atoms with Crippen LogP contribution in [-0.2, 0) is 28.6 Å². The van der Waals surface area contributed by atoms with E-state index in [9.17, 15) is 14.4 Å². The Morgan fingerprint density at radius 3 is 0.778 bits per heavy atom. The maximum absolute atomic E-state index is 12.8. The van der Waals surface area contributed by atoms with E-state index in [0.717, 1.165) is 77.0 Å². The van der Waals surface area contributed by atoms with Gasteiger partial charge in [0.15, 0.2) is 6.10 Å². The van der Waals surface area contributed by atoms with E-state index in [1.54, 1.807) is 0 Å². The van der Waals surface area contributed by atoms with Crippen molar-refractivity contribution in [3.05, 3.63) is 24.3 Å². The normalized spacial score (nSPS) is 12.1. The van der Waals surface area contributed by atoms with E-state index in [4.69, 9.17) is 14.2 Å². The molecule has 72 heavy (non-hydrogen) atoms. The van der Waals surface area contributed by atoms with E-state index in [1.165, 1.54) is 244 Å². The molecule has 0 saturated carbocycles. The Morgan fingerprint density at radius 2 is 0.500 bits per heavy atom. The lowest BCUT2D eigenvalue weighted by molar-refractivity contribution is -0.167. The van der Waals surface area contributed by atoms with Gasteiger partial charge >= 0.3 is 17.9 Å². The number of carbonyl (C=O) groups is 3. The van der Waals surface area contributed by atoms with E-state index in [1.807, 2.05) is 0 Å². The van der Waals surface area contributed by atoms with Gasteiger partial charge in [0.05, 0.1) is 0 Å². The Hall–Kier alpha value is -2.11. The van der Waals surface area contributed by atoms with Gasteiger partial charge in [-0.25, -0.2) is 0 Å². The number of esters is 3. The van der Waals surface area contributed by atoms with Crippen LogP contribution in [0.3, 0.4) is 0 Å². The molecule has 0 aliphatic heterocycles. The van der Waals surface area contributed by atoms with Crippen molar-refractivity contribution in [1.82, 2.24) is 0 Å². The molecule has 0 heterocycles. The molecule has 0 bridgehead atoms. The summed E-state index contributed by atoms with van der Waals surface area (Å²) in [6, 6.07) is 0. The summed E-state index contributed by atoms with van der Waals surface area (Å²) in [6.45, 7) is 6.64. The van der Waals surface area contributed by atoms with Crippen LogP contribution < -0.4 is 0 Å². The highest BCUT2D eigenvalue weighted by molar-refractivity contribution is 5.71. The van der Waals surface area contributed by atoms with Gasteiger partial charge in [0.25, 0.3) is 0 Å². The van der Waals surface area contributed by atoms with Gasteiger partial charge < -0.3 is 14.2 Å². The van der Waals surface area contributed by atoms with Crippen molar-refractivity contribution in [2.24, 2.45) is 0 Å². The van der Waals surface area contributed by atoms with Crippen molar-refractivity contribution < 1.29 is 28.6 Å². The van der Waals surface area contributed by atoms with E-state index in [0.29, 0.717) is 19.3 Å². The van der Waals surface area contributed by atoms with Crippen LogP contribution in [0.2, 0.25) is 0 Å². The molecule has 0 fully saturated rings. The van der Waals surface area contributed by atoms with Crippen LogP contribution in [0.15, 0.2) is 24.3 Å². The van der Waals surface area contributed by atoms with Crippen molar-refractivity contribution in [3.8, 4) is 0 Å². The molecule has 424 valence electrons. The van der Waals surface area contributed by atoms with Crippen LogP contribution >= 0.6 is 0 Å². The second-order valence-electron chi connectivity index (χ2n) is 22.0. The van der Waals surface area contributed by atoms with Gasteiger partial charge in [0, 0.05) is 19.3 Å². The van der Waals surface area contributed by atoms with Gasteiger partial charge in [0.1, 0.15) is 13.2 Å². The van der Waals surface area contributed by atoms with Gasteiger partial charge in [-0.2, -0.15) is 0 Å². The summed E-state index contributed by atoms with van der Waals surface area (Å²) in [7, 11) is 0. The molecule has 0 aliphatic rings. The van der Waals surface area contributed by atoms with Crippen molar-refractivity contribution in [3.63, 3.8) is 0 Å². The summed E-state index contributed by atoms with van der Waals surface area (Å²) in [6.07, 6.45) is 73.7. The third kappa shape index (κ3) is 58.8. The largest absolute Gasteiger partial charge is 0.462 e. The second-order valence-corrected chi connectivity index (χ2v) is 22.0. The summed E-state index contributed by atoms with van der Waals surface area (Å²) in [5.41, 5.74) is 0. The standard InChI is InChI=1S/C66H124O6/c1-4-7-10-13-16-19-21-23-25-27-28-29-30-31-32-33-34-35-36-37-38-39-40-42-43-45-47-50-53-56-59-65(68)71-62-63(61-70-64(67)58-55-52-49-18-15-12-9-6-3)72-66(69)60-57-54-51-48-46-44-41-26-24-22-20-17-14-11-8-5-2/h20,22,26,41,63H,4-19,21,23-25,27-40,42-62H2,1-3H3/b22-20-,41-26-. The van der Waals surface area contributed by atoms with Crippen molar-refractivity contribution >= 4 is 17.9 Å². The van der Waals surface area contributed by atoms with Gasteiger partial charge in [-0.15, -0.1) is 0 Å². The highest BCUT2D eigenvalue weighted by Crippen LogP contribution is 2.18. The van der Waals surface area contributed by atoms with Crippen LogP contribution in [0, 0.1) is 0 Å². The Balaban J connectivity index is 4.02. The first-order valence-electron chi connectivity index (χ1n) is 32.3. The average molecular weight is 1010 g/mol. The molecule has 0 aromatic rings. The van der Waals surface area contributed by atoms with Gasteiger partial charge in [-0.1, -0.05) is 315 Å². The molecule has 0 aliphatic carbocycles. The fourth-order valence-electron chi connectivity index (χ4n) is 9.83. The highest BCUT2D eigenvalue weighted by Gasteiger charge is 2.19. The zero-order valence-corrected chi connectivity index (χ0v) is 48.7. The quantitative estimate of drug-likeness (QED) is 0.0261. The summed E-state index contributed by atoms with van der Waals surface area (Å²) >= 11 is 0. The number of unbranched alkanes of at least 4 members (excludes halogenated alkanes) is 45. The number of allylic oxidation sites excluding steroid dienone is 4. The molecular formula is C66H124O6. The molecule has 0 saturated heterocycles. The predicted octanol–water partition coefficient (Wildman–Crippen LogP) is 21.8. The minimum Gasteiger partial charge on any atom is -0.462 e. The first-order chi connectivity index (χ1) is 35.5.